The van der Waals surface area contributed by atoms with Crippen LogP contribution in [0.15, 0.2) is 0 Å². The van der Waals surface area contributed by atoms with E-state index in [9.17, 15) is 0 Å². The lowest BCUT2D eigenvalue weighted by atomic mass is 10.1. The molecule has 102 valence electrons. The van der Waals surface area contributed by atoms with Gasteiger partial charge in [-0.25, -0.2) is 0 Å². The third kappa shape index (κ3) is 3.37. The molecule has 18 heavy (non-hydrogen) atoms. The van der Waals surface area contributed by atoms with E-state index in [4.69, 9.17) is 5.84 Å². The highest BCUT2D eigenvalue weighted by Gasteiger charge is 2.32. The van der Waals surface area contributed by atoms with Crippen LogP contribution in [0.3, 0.4) is 0 Å². The van der Waals surface area contributed by atoms with Crippen molar-refractivity contribution in [2.75, 3.05) is 11.5 Å². The zero-order chi connectivity index (χ0) is 13.0. The number of thioether (sulfide) groups is 2. The molecule has 1 fully saturated rings. The van der Waals surface area contributed by atoms with Crippen molar-refractivity contribution in [3.05, 3.63) is 5.82 Å². The Morgan fingerprint density at radius 2 is 2.28 bits per heavy atom. The van der Waals surface area contributed by atoms with Crippen LogP contribution in [0.2, 0.25) is 0 Å². The van der Waals surface area contributed by atoms with Gasteiger partial charge in [0.15, 0.2) is 5.82 Å². The molecule has 6 nitrogen and oxygen atoms in total. The molecule has 8 heteroatoms. The summed E-state index contributed by atoms with van der Waals surface area (Å²) in [5.41, 5.74) is 2.94. The maximum Gasteiger partial charge on any atom is 0.176 e. The monoisotopic (exact) mass is 288 g/mol. The summed E-state index contributed by atoms with van der Waals surface area (Å²) < 4.78 is 0. The fraction of sp³-hybridized carbons (Fsp3) is 0.900. The SMILES string of the molecule is CCC1SCCSC1C(Cc1nnn(C)n1)NN. The normalized spacial score (nSPS) is 26.2. The summed E-state index contributed by atoms with van der Waals surface area (Å²) in [6, 6.07) is 0.206. The van der Waals surface area contributed by atoms with E-state index in [0.29, 0.717) is 10.5 Å². The molecule has 0 aromatic carbocycles. The van der Waals surface area contributed by atoms with Crippen molar-refractivity contribution in [1.29, 1.82) is 0 Å². The number of hydrazine groups is 1. The van der Waals surface area contributed by atoms with Gasteiger partial charge in [0.2, 0.25) is 0 Å². The average Bonchev–Trinajstić information content (AvgIpc) is 2.81. The number of hydrogen-bond donors (Lipinski definition) is 2. The quantitative estimate of drug-likeness (QED) is 0.592. The highest BCUT2D eigenvalue weighted by atomic mass is 32.2. The van der Waals surface area contributed by atoms with E-state index in [0.717, 1.165) is 12.2 Å². The van der Waals surface area contributed by atoms with Crippen LogP contribution in [0.25, 0.3) is 0 Å². The van der Waals surface area contributed by atoms with Gasteiger partial charge < -0.3 is 0 Å². The third-order valence-corrected chi connectivity index (χ3v) is 6.46. The lowest BCUT2D eigenvalue weighted by molar-refractivity contribution is 0.480. The van der Waals surface area contributed by atoms with Gasteiger partial charge in [-0.3, -0.25) is 11.3 Å². The molecule has 0 saturated carbocycles. The van der Waals surface area contributed by atoms with Crippen molar-refractivity contribution < 1.29 is 0 Å². The number of aromatic nitrogens is 4. The van der Waals surface area contributed by atoms with Crippen LogP contribution >= 0.6 is 23.5 Å². The first-order valence-electron chi connectivity index (χ1n) is 6.16. The predicted octanol–water partition coefficient (Wildman–Crippen LogP) is 0.212. The Morgan fingerprint density at radius 1 is 1.50 bits per heavy atom. The Morgan fingerprint density at radius 3 is 2.89 bits per heavy atom. The summed E-state index contributed by atoms with van der Waals surface area (Å²) in [6.07, 6.45) is 1.91. The van der Waals surface area contributed by atoms with Crippen LogP contribution in [-0.4, -0.2) is 48.3 Å². The van der Waals surface area contributed by atoms with Gasteiger partial charge in [-0.15, -0.1) is 10.2 Å². The Hall–Kier alpha value is -0.310. The number of nitrogens with zero attached hydrogens (tertiary/aromatic N) is 4. The van der Waals surface area contributed by atoms with Gasteiger partial charge in [-0.1, -0.05) is 6.92 Å². The van der Waals surface area contributed by atoms with Crippen LogP contribution in [0, 0.1) is 0 Å². The Kier molecular flexibility index (Phi) is 5.28. The molecular weight excluding hydrogens is 268 g/mol. The molecule has 2 heterocycles. The van der Waals surface area contributed by atoms with Gasteiger partial charge in [0.05, 0.1) is 7.05 Å². The highest BCUT2D eigenvalue weighted by Crippen LogP contribution is 2.35. The van der Waals surface area contributed by atoms with E-state index in [-0.39, 0.29) is 6.04 Å². The summed E-state index contributed by atoms with van der Waals surface area (Å²) in [6.45, 7) is 2.24. The minimum Gasteiger partial charge on any atom is -0.271 e. The summed E-state index contributed by atoms with van der Waals surface area (Å²) in [5, 5.41) is 13.3. The number of tetrazole rings is 1. The number of hydrogen-bond acceptors (Lipinski definition) is 7. The van der Waals surface area contributed by atoms with E-state index in [1.54, 1.807) is 7.05 Å². The molecule has 1 aromatic heterocycles. The molecular formula is C10H20N6S2. The smallest absolute Gasteiger partial charge is 0.176 e. The fourth-order valence-corrected chi connectivity index (χ4v) is 5.43. The van der Waals surface area contributed by atoms with Gasteiger partial charge >= 0.3 is 0 Å². The molecule has 1 aromatic rings. The van der Waals surface area contributed by atoms with Crippen LogP contribution in [-0.2, 0) is 13.5 Å². The number of nitrogens with one attached hydrogen (secondary N) is 1. The standard InChI is InChI=1S/C10H20N6S2/c1-3-8-10(18-5-4-17-8)7(12-11)6-9-13-15-16(2)14-9/h7-8,10,12H,3-6,11H2,1-2H3. The molecule has 1 aliphatic heterocycles. The Balaban J connectivity index is 2.02. The minimum absolute atomic E-state index is 0.206. The molecule has 0 bridgehead atoms. The minimum atomic E-state index is 0.206. The fourth-order valence-electron chi connectivity index (χ4n) is 2.18. The largest absolute Gasteiger partial charge is 0.271 e. The van der Waals surface area contributed by atoms with Crippen LogP contribution in [0.4, 0.5) is 0 Å². The molecule has 3 N–H and O–H groups in total. The van der Waals surface area contributed by atoms with E-state index in [1.807, 2.05) is 11.8 Å². The van der Waals surface area contributed by atoms with Gasteiger partial charge in [-0.2, -0.15) is 28.3 Å². The topological polar surface area (TPSA) is 81.7 Å². The maximum atomic E-state index is 5.72. The van der Waals surface area contributed by atoms with Crippen molar-refractivity contribution in [3.8, 4) is 0 Å². The van der Waals surface area contributed by atoms with E-state index in [1.165, 1.54) is 22.7 Å². The lowest BCUT2D eigenvalue weighted by Gasteiger charge is -2.35. The molecule has 0 radical (unpaired) electrons. The maximum absolute atomic E-state index is 5.72. The molecule has 2 rings (SSSR count). The molecule has 0 amide bonds. The van der Waals surface area contributed by atoms with Gasteiger partial charge in [0, 0.05) is 34.5 Å². The Bertz CT molecular complexity index is 371. The molecule has 3 unspecified atom stereocenters. The van der Waals surface area contributed by atoms with E-state index < -0.39 is 0 Å². The predicted molar refractivity (Wildman–Crippen MR) is 76.4 cm³/mol. The summed E-state index contributed by atoms with van der Waals surface area (Å²) in [7, 11) is 1.78. The molecule has 0 spiro atoms. The first kappa shape index (κ1) is 14.1. The van der Waals surface area contributed by atoms with Gasteiger partial charge in [-0.05, 0) is 11.6 Å². The van der Waals surface area contributed by atoms with Gasteiger partial charge in [0.25, 0.3) is 0 Å². The van der Waals surface area contributed by atoms with Crippen molar-refractivity contribution in [2.45, 2.75) is 36.3 Å². The molecule has 3 atom stereocenters. The molecule has 1 aliphatic rings. The second-order valence-electron chi connectivity index (χ2n) is 4.33. The number of nitrogens with two attached hydrogens (primary N) is 1. The Labute approximate surface area is 116 Å². The van der Waals surface area contributed by atoms with Crippen LogP contribution in [0.5, 0.6) is 0 Å². The van der Waals surface area contributed by atoms with Crippen LogP contribution < -0.4 is 11.3 Å². The summed E-state index contributed by atoms with van der Waals surface area (Å²) in [4.78, 5) is 1.49. The molecule has 1 saturated heterocycles. The second-order valence-corrected chi connectivity index (χ2v) is 6.96. The number of rotatable bonds is 5. The van der Waals surface area contributed by atoms with E-state index in [2.05, 4.69) is 39.5 Å². The highest BCUT2D eigenvalue weighted by molar-refractivity contribution is 8.07. The van der Waals surface area contributed by atoms with Crippen molar-refractivity contribution >= 4 is 23.5 Å². The molecule has 0 aliphatic carbocycles. The van der Waals surface area contributed by atoms with Crippen LogP contribution in [0.1, 0.15) is 19.2 Å². The lowest BCUT2D eigenvalue weighted by Crippen LogP contribution is -2.49. The van der Waals surface area contributed by atoms with E-state index >= 15 is 0 Å². The van der Waals surface area contributed by atoms with Gasteiger partial charge in [0.1, 0.15) is 0 Å². The summed E-state index contributed by atoms with van der Waals surface area (Å²) >= 11 is 4.06. The van der Waals surface area contributed by atoms with Crippen molar-refractivity contribution in [3.63, 3.8) is 0 Å². The second kappa shape index (κ2) is 6.74. The number of aryl methyl sites for hydroxylation is 1. The summed E-state index contributed by atoms with van der Waals surface area (Å²) in [5.74, 6) is 8.90. The first-order valence-corrected chi connectivity index (χ1v) is 8.26. The zero-order valence-electron chi connectivity index (χ0n) is 10.7. The third-order valence-electron chi connectivity index (χ3n) is 3.06. The zero-order valence-corrected chi connectivity index (χ0v) is 12.4. The average molecular weight is 288 g/mol. The van der Waals surface area contributed by atoms with Crippen molar-refractivity contribution in [1.82, 2.24) is 25.6 Å². The van der Waals surface area contributed by atoms with Crippen molar-refractivity contribution in [2.24, 2.45) is 12.9 Å². The first-order chi connectivity index (χ1) is 8.74.